The summed E-state index contributed by atoms with van der Waals surface area (Å²) in [6.07, 6.45) is 8.37. The minimum atomic E-state index is 1.00. The number of aromatic nitrogens is 3. The first-order valence-corrected chi connectivity index (χ1v) is 4.34. The van der Waals surface area contributed by atoms with Gasteiger partial charge < -0.3 is 0 Å². The van der Waals surface area contributed by atoms with Crippen LogP contribution in [0.3, 0.4) is 0 Å². The van der Waals surface area contributed by atoms with Crippen LogP contribution < -0.4 is 0 Å². The van der Waals surface area contributed by atoms with Gasteiger partial charge in [-0.15, -0.1) is 0 Å². The van der Waals surface area contributed by atoms with E-state index < -0.39 is 0 Å². The van der Waals surface area contributed by atoms with Crippen molar-refractivity contribution in [1.82, 2.24) is 14.8 Å². The molecule has 13 heavy (non-hydrogen) atoms. The van der Waals surface area contributed by atoms with E-state index in [-0.39, 0.29) is 0 Å². The molecule has 0 bridgehead atoms. The number of nitrogens with zero attached hydrogens (tertiary/aromatic N) is 3. The summed E-state index contributed by atoms with van der Waals surface area (Å²) in [5.41, 5.74) is 2.25. The molecule has 0 saturated carbocycles. The van der Waals surface area contributed by atoms with Crippen molar-refractivity contribution in [1.29, 1.82) is 0 Å². The molecule has 0 aromatic carbocycles. The van der Waals surface area contributed by atoms with Gasteiger partial charge >= 0.3 is 0 Å². The van der Waals surface area contributed by atoms with Crippen LogP contribution >= 0.6 is 0 Å². The van der Waals surface area contributed by atoms with Crippen molar-refractivity contribution in [2.75, 3.05) is 0 Å². The number of rotatable bonds is 2. The summed E-state index contributed by atoms with van der Waals surface area (Å²) in [6.45, 7) is 2.11. The van der Waals surface area contributed by atoms with E-state index in [0.29, 0.717) is 0 Å². The molecule has 2 rings (SSSR count). The zero-order valence-corrected chi connectivity index (χ0v) is 7.51. The maximum atomic E-state index is 4.15. The Hall–Kier alpha value is -1.64. The molecule has 0 aliphatic rings. The lowest BCUT2D eigenvalue weighted by Gasteiger charge is -2.01. The summed E-state index contributed by atoms with van der Waals surface area (Å²) < 4.78 is 1.81. The molecule has 0 amide bonds. The fourth-order valence-corrected chi connectivity index (χ4v) is 1.21. The quantitative estimate of drug-likeness (QED) is 0.693. The molecule has 0 aliphatic carbocycles. The summed E-state index contributed by atoms with van der Waals surface area (Å²) in [4.78, 5) is 4.15. The molecule has 2 heterocycles. The van der Waals surface area contributed by atoms with Crippen molar-refractivity contribution in [2.24, 2.45) is 0 Å². The molecule has 0 unspecified atom stereocenters. The second-order valence-corrected chi connectivity index (χ2v) is 2.86. The van der Waals surface area contributed by atoms with Crippen molar-refractivity contribution < 1.29 is 0 Å². The van der Waals surface area contributed by atoms with Gasteiger partial charge in [-0.1, -0.05) is 6.92 Å². The molecule has 0 saturated heterocycles. The van der Waals surface area contributed by atoms with Crippen molar-refractivity contribution in [2.45, 2.75) is 13.3 Å². The van der Waals surface area contributed by atoms with Gasteiger partial charge in [-0.25, -0.2) is 4.68 Å². The van der Waals surface area contributed by atoms with Crippen LogP contribution in [0.4, 0.5) is 0 Å². The molecule has 66 valence electrons. The average molecular weight is 173 g/mol. The number of hydrogen-bond acceptors (Lipinski definition) is 2. The molecule has 0 atom stereocenters. The van der Waals surface area contributed by atoms with Crippen LogP contribution in [0, 0.1) is 0 Å². The molecule has 2 aromatic rings. The Balaban J connectivity index is 2.41. The van der Waals surface area contributed by atoms with Gasteiger partial charge in [0.25, 0.3) is 0 Å². The SMILES string of the molecule is CCc1cncc(-n2cccn2)c1. The van der Waals surface area contributed by atoms with Gasteiger partial charge in [-0.2, -0.15) is 5.10 Å². The highest BCUT2D eigenvalue weighted by molar-refractivity contribution is 5.30. The van der Waals surface area contributed by atoms with Gasteiger partial charge in [0.15, 0.2) is 0 Å². The van der Waals surface area contributed by atoms with E-state index in [4.69, 9.17) is 0 Å². The van der Waals surface area contributed by atoms with Crippen molar-refractivity contribution >= 4 is 0 Å². The highest BCUT2D eigenvalue weighted by atomic mass is 15.3. The first-order valence-electron chi connectivity index (χ1n) is 4.34. The molecule has 0 fully saturated rings. The Morgan fingerprint density at radius 1 is 1.38 bits per heavy atom. The summed E-state index contributed by atoms with van der Waals surface area (Å²) in [7, 11) is 0. The van der Waals surface area contributed by atoms with E-state index in [1.807, 2.05) is 29.3 Å². The fraction of sp³-hybridized carbons (Fsp3) is 0.200. The number of aryl methyl sites for hydroxylation is 1. The predicted molar refractivity (Wildman–Crippen MR) is 50.7 cm³/mol. The first kappa shape index (κ1) is 7.98. The standard InChI is InChI=1S/C10H11N3/c1-2-9-6-10(8-11-7-9)13-5-3-4-12-13/h3-8H,2H2,1H3. The second kappa shape index (κ2) is 3.39. The lowest BCUT2D eigenvalue weighted by Crippen LogP contribution is -1.96. The second-order valence-electron chi connectivity index (χ2n) is 2.86. The van der Waals surface area contributed by atoms with Crippen LogP contribution in [0.2, 0.25) is 0 Å². The monoisotopic (exact) mass is 173 g/mol. The smallest absolute Gasteiger partial charge is 0.0831 e. The van der Waals surface area contributed by atoms with E-state index in [0.717, 1.165) is 12.1 Å². The van der Waals surface area contributed by atoms with Gasteiger partial charge in [-0.3, -0.25) is 4.98 Å². The average Bonchev–Trinajstić information content (AvgIpc) is 2.71. The molecule has 0 aliphatic heterocycles. The van der Waals surface area contributed by atoms with Crippen LogP contribution in [0.25, 0.3) is 5.69 Å². The molecular weight excluding hydrogens is 162 g/mol. The molecular formula is C10H11N3. The minimum absolute atomic E-state index is 1.00. The van der Waals surface area contributed by atoms with Crippen LogP contribution in [0.15, 0.2) is 36.9 Å². The van der Waals surface area contributed by atoms with E-state index in [2.05, 4.69) is 23.1 Å². The van der Waals surface area contributed by atoms with Crippen molar-refractivity contribution in [3.05, 3.63) is 42.5 Å². The molecule has 2 aromatic heterocycles. The van der Waals surface area contributed by atoms with Gasteiger partial charge in [-0.05, 0) is 24.1 Å². The maximum Gasteiger partial charge on any atom is 0.0831 e. The fourth-order valence-electron chi connectivity index (χ4n) is 1.21. The van der Waals surface area contributed by atoms with E-state index in [9.17, 15) is 0 Å². The third-order valence-corrected chi connectivity index (χ3v) is 1.96. The molecule has 3 heteroatoms. The van der Waals surface area contributed by atoms with Crippen molar-refractivity contribution in [3.8, 4) is 5.69 Å². The Kier molecular flexibility index (Phi) is 2.08. The molecule has 0 N–H and O–H groups in total. The Morgan fingerprint density at radius 3 is 3.00 bits per heavy atom. The van der Waals surface area contributed by atoms with Gasteiger partial charge in [0.05, 0.1) is 11.9 Å². The summed E-state index contributed by atoms with van der Waals surface area (Å²) in [5, 5.41) is 4.14. The third-order valence-electron chi connectivity index (χ3n) is 1.96. The Morgan fingerprint density at radius 2 is 2.31 bits per heavy atom. The van der Waals surface area contributed by atoms with Crippen LogP contribution in [-0.4, -0.2) is 14.8 Å². The topological polar surface area (TPSA) is 30.7 Å². The number of hydrogen-bond donors (Lipinski definition) is 0. The minimum Gasteiger partial charge on any atom is -0.262 e. The highest BCUT2D eigenvalue weighted by Gasteiger charge is 1.96. The predicted octanol–water partition coefficient (Wildman–Crippen LogP) is 1.83. The zero-order chi connectivity index (χ0) is 9.10. The van der Waals surface area contributed by atoms with Crippen LogP contribution in [0.1, 0.15) is 12.5 Å². The molecule has 0 spiro atoms. The molecule has 3 nitrogen and oxygen atoms in total. The van der Waals surface area contributed by atoms with E-state index in [1.54, 1.807) is 6.20 Å². The highest BCUT2D eigenvalue weighted by Crippen LogP contribution is 2.07. The van der Waals surface area contributed by atoms with E-state index >= 15 is 0 Å². The van der Waals surface area contributed by atoms with Crippen LogP contribution in [0.5, 0.6) is 0 Å². The summed E-state index contributed by atoms with van der Waals surface area (Å²) in [5.74, 6) is 0. The maximum absolute atomic E-state index is 4.15. The largest absolute Gasteiger partial charge is 0.262 e. The van der Waals surface area contributed by atoms with E-state index in [1.165, 1.54) is 5.56 Å². The van der Waals surface area contributed by atoms with Crippen LogP contribution in [-0.2, 0) is 6.42 Å². The normalized spacial score (nSPS) is 10.2. The zero-order valence-electron chi connectivity index (χ0n) is 7.51. The van der Waals surface area contributed by atoms with Crippen molar-refractivity contribution in [3.63, 3.8) is 0 Å². The van der Waals surface area contributed by atoms with Gasteiger partial charge in [0.2, 0.25) is 0 Å². The third kappa shape index (κ3) is 1.59. The number of pyridine rings is 1. The first-order chi connectivity index (χ1) is 6.40. The Bertz CT molecular complexity index is 379. The summed E-state index contributed by atoms with van der Waals surface area (Å²) in [6, 6.07) is 4.00. The van der Waals surface area contributed by atoms with Gasteiger partial charge in [0, 0.05) is 18.6 Å². The molecule has 0 radical (unpaired) electrons. The Labute approximate surface area is 77.0 Å². The summed E-state index contributed by atoms with van der Waals surface area (Å²) >= 11 is 0. The lowest BCUT2D eigenvalue weighted by atomic mass is 10.2. The lowest BCUT2D eigenvalue weighted by molar-refractivity contribution is 0.869. The van der Waals surface area contributed by atoms with Gasteiger partial charge in [0.1, 0.15) is 0 Å².